The van der Waals surface area contributed by atoms with Crippen LogP contribution in [0.5, 0.6) is 0 Å². The first-order valence-electron chi connectivity index (χ1n) is 5.85. The number of pyridine rings is 2. The zero-order valence-corrected chi connectivity index (χ0v) is 10.7. The Balaban J connectivity index is 2.20. The molecule has 6 nitrogen and oxygen atoms in total. The van der Waals surface area contributed by atoms with Crippen LogP contribution in [0.2, 0.25) is 0 Å². The average Bonchev–Trinajstić information content (AvgIpc) is 2.41. The lowest BCUT2D eigenvalue weighted by atomic mass is 10.1. The highest BCUT2D eigenvalue weighted by atomic mass is 16.6. The summed E-state index contributed by atoms with van der Waals surface area (Å²) in [6, 6.07) is 5.23. The van der Waals surface area contributed by atoms with E-state index < -0.39 is 4.92 Å². The summed E-state index contributed by atoms with van der Waals surface area (Å²) in [6.45, 7) is 3.63. The Hall–Kier alpha value is -2.50. The molecule has 2 heterocycles. The maximum Gasteiger partial charge on any atom is 0.277 e. The van der Waals surface area contributed by atoms with Gasteiger partial charge in [0.05, 0.1) is 17.0 Å². The third-order valence-electron chi connectivity index (χ3n) is 2.84. The van der Waals surface area contributed by atoms with E-state index in [0.29, 0.717) is 11.4 Å². The molecule has 1 atom stereocenters. The number of hydrogen-bond donors (Lipinski definition) is 1. The first-order valence-corrected chi connectivity index (χ1v) is 5.85. The van der Waals surface area contributed by atoms with Crippen molar-refractivity contribution in [3.05, 3.63) is 58.0 Å². The van der Waals surface area contributed by atoms with Gasteiger partial charge in [0.1, 0.15) is 5.82 Å². The third-order valence-corrected chi connectivity index (χ3v) is 2.84. The average molecular weight is 258 g/mol. The third kappa shape index (κ3) is 3.04. The summed E-state index contributed by atoms with van der Waals surface area (Å²) in [7, 11) is 0. The number of rotatable bonds is 4. The maximum atomic E-state index is 10.9. The predicted molar refractivity (Wildman–Crippen MR) is 71.9 cm³/mol. The van der Waals surface area contributed by atoms with Crippen molar-refractivity contribution in [2.24, 2.45) is 0 Å². The van der Waals surface area contributed by atoms with E-state index in [0.717, 1.165) is 5.56 Å². The Labute approximate surface area is 110 Å². The largest absolute Gasteiger partial charge is 0.363 e. The number of anilines is 1. The van der Waals surface area contributed by atoms with Gasteiger partial charge < -0.3 is 5.32 Å². The molecule has 98 valence electrons. The number of aryl methyl sites for hydroxylation is 1. The monoisotopic (exact) mass is 258 g/mol. The molecule has 0 spiro atoms. The molecule has 0 fully saturated rings. The number of aromatic nitrogens is 2. The fourth-order valence-electron chi connectivity index (χ4n) is 1.75. The van der Waals surface area contributed by atoms with Gasteiger partial charge in [0, 0.05) is 24.2 Å². The Morgan fingerprint density at radius 2 is 2.05 bits per heavy atom. The summed E-state index contributed by atoms with van der Waals surface area (Å²) in [4.78, 5) is 18.6. The molecule has 0 saturated carbocycles. The van der Waals surface area contributed by atoms with E-state index in [-0.39, 0.29) is 11.7 Å². The molecule has 6 heteroatoms. The summed E-state index contributed by atoms with van der Waals surface area (Å²) < 4.78 is 0. The Bertz CT molecular complexity index is 586. The topological polar surface area (TPSA) is 81.0 Å². The molecule has 2 rings (SSSR count). The first kappa shape index (κ1) is 12.9. The number of nitrogens with zero attached hydrogens (tertiary/aromatic N) is 3. The molecular formula is C13H14N4O2. The van der Waals surface area contributed by atoms with Gasteiger partial charge >= 0.3 is 0 Å². The van der Waals surface area contributed by atoms with Crippen molar-refractivity contribution in [3.8, 4) is 0 Å². The van der Waals surface area contributed by atoms with E-state index in [2.05, 4.69) is 15.3 Å². The van der Waals surface area contributed by atoms with Crippen LogP contribution in [0.3, 0.4) is 0 Å². The van der Waals surface area contributed by atoms with Crippen LogP contribution in [0.1, 0.15) is 24.1 Å². The fourth-order valence-corrected chi connectivity index (χ4v) is 1.75. The second-order valence-electron chi connectivity index (χ2n) is 4.26. The minimum absolute atomic E-state index is 0.00203. The zero-order chi connectivity index (χ0) is 13.8. The van der Waals surface area contributed by atoms with Gasteiger partial charge in [-0.1, -0.05) is 0 Å². The predicted octanol–water partition coefficient (Wildman–Crippen LogP) is 2.87. The molecule has 0 saturated heterocycles. The van der Waals surface area contributed by atoms with E-state index >= 15 is 0 Å². The van der Waals surface area contributed by atoms with E-state index in [1.165, 1.54) is 12.3 Å². The summed E-state index contributed by atoms with van der Waals surface area (Å²) in [5.41, 5.74) is 1.66. The SMILES string of the molecule is Cc1cnc(NC(C)c2ccncc2)cc1[N+](=O)[O-]. The van der Waals surface area contributed by atoms with Gasteiger partial charge in [-0.15, -0.1) is 0 Å². The van der Waals surface area contributed by atoms with Crippen molar-refractivity contribution in [1.29, 1.82) is 0 Å². The zero-order valence-electron chi connectivity index (χ0n) is 10.7. The van der Waals surface area contributed by atoms with Crippen LogP contribution < -0.4 is 5.32 Å². The van der Waals surface area contributed by atoms with Crippen molar-refractivity contribution in [2.45, 2.75) is 19.9 Å². The van der Waals surface area contributed by atoms with Crippen molar-refractivity contribution in [3.63, 3.8) is 0 Å². The van der Waals surface area contributed by atoms with Gasteiger partial charge in [0.2, 0.25) is 0 Å². The molecule has 2 aromatic heterocycles. The van der Waals surface area contributed by atoms with Crippen LogP contribution in [0.25, 0.3) is 0 Å². The van der Waals surface area contributed by atoms with Crippen molar-refractivity contribution >= 4 is 11.5 Å². The van der Waals surface area contributed by atoms with Crippen LogP contribution in [0, 0.1) is 17.0 Å². The Kier molecular flexibility index (Phi) is 3.70. The van der Waals surface area contributed by atoms with Crippen LogP contribution in [-0.2, 0) is 0 Å². The summed E-state index contributed by atoms with van der Waals surface area (Å²) in [5, 5.41) is 14.0. The normalized spacial score (nSPS) is 11.9. The molecule has 0 bridgehead atoms. The molecule has 0 aliphatic heterocycles. The molecule has 0 aliphatic carbocycles. The lowest BCUT2D eigenvalue weighted by molar-refractivity contribution is -0.385. The molecule has 2 aromatic rings. The lowest BCUT2D eigenvalue weighted by Crippen LogP contribution is -2.08. The first-order chi connectivity index (χ1) is 9.08. The standard InChI is InChI=1S/C13H14N4O2/c1-9-8-15-13(7-12(9)17(18)19)16-10(2)11-3-5-14-6-4-11/h3-8,10H,1-2H3,(H,15,16). The molecule has 0 aromatic carbocycles. The highest BCUT2D eigenvalue weighted by Gasteiger charge is 2.13. The number of nitrogens with one attached hydrogen (secondary N) is 1. The van der Waals surface area contributed by atoms with Crippen LogP contribution in [0.4, 0.5) is 11.5 Å². The van der Waals surface area contributed by atoms with Gasteiger partial charge in [-0.05, 0) is 31.5 Å². The van der Waals surface area contributed by atoms with E-state index in [1.807, 2.05) is 19.1 Å². The summed E-state index contributed by atoms with van der Waals surface area (Å²) in [6.07, 6.45) is 4.91. The second-order valence-corrected chi connectivity index (χ2v) is 4.26. The fraction of sp³-hybridized carbons (Fsp3) is 0.231. The second kappa shape index (κ2) is 5.43. The van der Waals surface area contributed by atoms with Crippen molar-refractivity contribution in [2.75, 3.05) is 5.32 Å². The molecule has 19 heavy (non-hydrogen) atoms. The molecule has 0 aliphatic rings. The molecular weight excluding hydrogens is 244 g/mol. The van der Waals surface area contributed by atoms with Crippen LogP contribution >= 0.6 is 0 Å². The minimum atomic E-state index is -0.403. The smallest absolute Gasteiger partial charge is 0.277 e. The summed E-state index contributed by atoms with van der Waals surface area (Å²) >= 11 is 0. The number of hydrogen-bond acceptors (Lipinski definition) is 5. The highest BCUT2D eigenvalue weighted by Crippen LogP contribution is 2.23. The van der Waals surface area contributed by atoms with E-state index in [9.17, 15) is 10.1 Å². The van der Waals surface area contributed by atoms with Gasteiger partial charge in [-0.3, -0.25) is 15.1 Å². The minimum Gasteiger partial charge on any atom is -0.363 e. The quantitative estimate of drug-likeness (QED) is 0.673. The number of nitro groups is 1. The van der Waals surface area contributed by atoms with E-state index in [1.54, 1.807) is 19.3 Å². The van der Waals surface area contributed by atoms with Gasteiger partial charge in [-0.2, -0.15) is 0 Å². The van der Waals surface area contributed by atoms with Crippen LogP contribution in [-0.4, -0.2) is 14.9 Å². The Morgan fingerprint density at radius 3 is 2.68 bits per heavy atom. The maximum absolute atomic E-state index is 10.9. The van der Waals surface area contributed by atoms with Crippen molar-refractivity contribution in [1.82, 2.24) is 9.97 Å². The molecule has 1 unspecified atom stereocenters. The highest BCUT2D eigenvalue weighted by molar-refractivity contribution is 5.49. The molecule has 0 radical (unpaired) electrons. The molecule has 0 amide bonds. The van der Waals surface area contributed by atoms with Crippen LogP contribution in [0.15, 0.2) is 36.8 Å². The van der Waals surface area contributed by atoms with E-state index in [4.69, 9.17) is 0 Å². The van der Waals surface area contributed by atoms with Crippen molar-refractivity contribution < 1.29 is 4.92 Å². The van der Waals surface area contributed by atoms with Gasteiger partial charge in [-0.25, -0.2) is 4.98 Å². The lowest BCUT2D eigenvalue weighted by Gasteiger charge is -2.14. The van der Waals surface area contributed by atoms with Gasteiger partial charge in [0.15, 0.2) is 0 Å². The molecule has 1 N–H and O–H groups in total. The summed E-state index contributed by atoms with van der Waals surface area (Å²) in [5.74, 6) is 0.488. The Morgan fingerprint density at radius 1 is 1.37 bits per heavy atom. The van der Waals surface area contributed by atoms with Gasteiger partial charge in [0.25, 0.3) is 5.69 Å².